The summed E-state index contributed by atoms with van der Waals surface area (Å²) in [4.78, 5) is 2.73. The van der Waals surface area contributed by atoms with Crippen molar-refractivity contribution in [3.63, 3.8) is 0 Å². The second-order valence-corrected chi connectivity index (χ2v) is 4.88. The third-order valence-corrected chi connectivity index (χ3v) is 3.89. The molecule has 0 aliphatic heterocycles. The van der Waals surface area contributed by atoms with Gasteiger partial charge in [-0.05, 0) is 24.0 Å². The third kappa shape index (κ3) is 1.87. The first kappa shape index (κ1) is 9.75. The minimum absolute atomic E-state index is 0.318. The van der Waals surface area contributed by atoms with E-state index < -0.39 is 0 Å². The summed E-state index contributed by atoms with van der Waals surface area (Å²) in [6, 6.07) is 4.34. The molecule has 1 aromatic rings. The molecule has 2 heteroatoms. The Balaban J connectivity index is 2.88. The predicted molar refractivity (Wildman–Crippen MR) is 55.5 cm³/mol. The fourth-order valence-electron chi connectivity index (χ4n) is 1.03. The maximum atomic E-state index is 5.56. The first-order valence-electron chi connectivity index (χ1n) is 4.39. The molecule has 1 aromatic heterocycles. The molecule has 1 rings (SSSR count). The summed E-state index contributed by atoms with van der Waals surface area (Å²) < 4.78 is 0. The van der Waals surface area contributed by atoms with Gasteiger partial charge in [-0.3, -0.25) is 0 Å². The van der Waals surface area contributed by atoms with Crippen molar-refractivity contribution < 1.29 is 0 Å². The Kier molecular flexibility index (Phi) is 2.91. The fraction of sp³-hybridized carbons (Fsp3) is 0.600. The zero-order valence-electron chi connectivity index (χ0n) is 8.05. The summed E-state index contributed by atoms with van der Waals surface area (Å²) in [5, 5.41) is 0. The van der Waals surface area contributed by atoms with Crippen molar-refractivity contribution in [2.75, 3.05) is 0 Å². The molecule has 68 valence electrons. The lowest BCUT2D eigenvalue weighted by Crippen LogP contribution is -2.12. The van der Waals surface area contributed by atoms with Crippen molar-refractivity contribution in [3.05, 3.63) is 21.9 Å². The minimum Gasteiger partial charge on any atom is -0.326 e. The van der Waals surface area contributed by atoms with E-state index in [9.17, 15) is 0 Å². The molecule has 1 nitrogen and oxygen atoms in total. The molecule has 12 heavy (non-hydrogen) atoms. The van der Waals surface area contributed by atoms with Gasteiger partial charge in [0.1, 0.15) is 0 Å². The summed E-state index contributed by atoms with van der Waals surface area (Å²) in [6.45, 7) is 7.45. The second-order valence-electron chi connectivity index (χ2n) is 3.71. The predicted octanol–water partition coefficient (Wildman–Crippen LogP) is 2.89. The van der Waals surface area contributed by atoms with Gasteiger partial charge >= 0.3 is 0 Å². The highest BCUT2D eigenvalue weighted by atomic mass is 32.1. The van der Waals surface area contributed by atoms with Gasteiger partial charge in [-0.25, -0.2) is 0 Å². The topological polar surface area (TPSA) is 26.0 Å². The van der Waals surface area contributed by atoms with Crippen LogP contribution in [0.3, 0.4) is 0 Å². The number of nitrogens with two attached hydrogens (primary N) is 1. The van der Waals surface area contributed by atoms with Crippen LogP contribution >= 0.6 is 11.3 Å². The van der Waals surface area contributed by atoms with Crippen LogP contribution in [-0.2, 0) is 12.0 Å². The van der Waals surface area contributed by atoms with Gasteiger partial charge < -0.3 is 5.73 Å². The van der Waals surface area contributed by atoms with Crippen molar-refractivity contribution in [2.45, 2.75) is 39.2 Å². The van der Waals surface area contributed by atoms with Gasteiger partial charge in [0.05, 0.1) is 0 Å². The van der Waals surface area contributed by atoms with Crippen molar-refractivity contribution in [1.29, 1.82) is 0 Å². The maximum absolute atomic E-state index is 5.56. The molecular weight excluding hydrogens is 166 g/mol. The molecule has 0 bridgehead atoms. The van der Waals surface area contributed by atoms with Crippen LogP contribution < -0.4 is 5.73 Å². The molecule has 2 N–H and O–H groups in total. The van der Waals surface area contributed by atoms with Gasteiger partial charge in [0.2, 0.25) is 0 Å². The Morgan fingerprint density at radius 3 is 2.50 bits per heavy atom. The molecular formula is C10H17NS. The Morgan fingerprint density at radius 1 is 1.42 bits per heavy atom. The zero-order chi connectivity index (χ0) is 9.19. The van der Waals surface area contributed by atoms with Gasteiger partial charge in [0.25, 0.3) is 0 Å². The van der Waals surface area contributed by atoms with E-state index in [4.69, 9.17) is 5.73 Å². The van der Waals surface area contributed by atoms with Crippen molar-refractivity contribution in [1.82, 2.24) is 0 Å². The van der Waals surface area contributed by atoms with Gasteiger partial charge in [0, 0.05) is 16.3 Å². The number of hydrogen-bond donors (Lipinski definition) is 1. The van der Waals surface area contributed by atoms with Gasteiger partial charge in [0.15, 0.2) is 0 Å². The van der Waals surface area contributed by atoms with Gasteiger partial charge in [-0.15, -0.1) is 11.3 Å². The Hall–Kier alpha value is -0.340. The maximum Gasteiger partial charge on any atom is 0.0273 e. The van der Waals surface area contributed by atoms with Crippen LogP contribution in [0.4, 0.5) is 0 Å². The number of rotatable bonds is 3. The summed E-state index contributed by atoms with van der Waals surface area (Å²) in [5.41, 5.74) is 5.88. The van der Waals surface area contributed by atoms with Crippen LogP contribution in [0.1, 0.15) is 36.9 Å². The molecule has 0 fully saturated rings. The lowest BCUT2D eigenvalue weighted by molar-refractivity contribution is 0.517. The quantitative estimate of drug-likeness (QED) is 0.766. The molecule has 0 saturated heterocycles. The normalized spacial score (nSPS) is 12.0. The van der Waals surface area contributed by atoms with E-state index in [0.717, 1.165) is 0 Å². The summed E-state index contributed by atoms with van der Waals surface area (Å²) in [7, 11) is 0. The van der Waals surface area contributed by atoms with Crippen molar-refractivity contribution >= 4 is 11.3 Å². The number of hydrogen-bond acceptors (Lipinski definition) is 2. The average Bonchev–Trinajstić information content (AvgIpc) is 2.52. The highest BCUT2D eigenvalue weighted by molar-refractivity contribution is 7.12. The summed E-state index contributed by atoms with van der Waals surface area (Å²) in [6.07, 6.45) is 1.18. The Labute approximate surface area is 78.6 Å². The lowest BCUT2D eigenvalue weighted by atomic mass is 9.89. The van der Waals surface area contributed by atoms with E-state index in [-0.39, 0.29) is 0 Å². The van der Waals surface area contributed by atoms with Crippen LogP contribution in [-0.4, -0.2) is 0 Å². The molecule has 0 aliphatic rings. The van der Waals surface area contributed by atoms with Gasteiger partial charge in [-0.2, -0.15) is 0 Å². The molecule has 0 amide bonds. The molecule has 1 heterocycles. The van der Waals surface area contributed by atoms with E-state index in [1.807, 2.05) is 11.3 Å². The lowest BCUT2D eigenvalue weighted by Gasteiger charge is -2.20. The smallest absolute Gasteiger partial charge is 0.0273 e. The summed E-state index contributed by atoms with van der Waals surface area (Å²) in [5.74, 6) is 0. The minimum atomic E-state index is 0.318. The Morgan fingerprint density at radius 2 is 2.08 bits per heavy atom. The van der Waals surface area contributed by atoms with Crippen LogP contribution in [0.2, 0.25) is 0 Å². The molecule has 0 saturated carbocycles. The molecule has 0 aliphatic carbocycles. The molecule has 0 aromatic carbocycles. The van der Waals surface area contributed by atoms with E-state index in [1.54, 1.807) is 0 Å². The first-order chi connectivity index (χ1) is 5.60. The number of thiophene rings is 1. The highest BCUT2D eigenvalue weighted by Crippen LogP contribution is 2.32. The van der Waals surface area contributed by atoms with Crippen LogP contribution in [0.5, 0.6) is 0 Å². The van der Waals surface area contributed by atoms with Crippen molar-refractivity contribution in [2.24, 2.45) is 5.73 Å². The zero-order valence-corrected chi connectivity index (χ0v) is 8.87. The van der Waals surface area contributed by atoms with Crippen LogP contribution in [0.25, 0.3) is 0 Å². The fourth-order valence-corrected chi connectivity index (χ4v) is 2.08. The monoisotopic (exact) mass is 183 g/mol. The van der Waals surface area contributed by atoms with Gasteiger partial charge in [-0.1, -0.05) is 20.8 Å². The molecule has 0 atom stereocenters. The van der Waals surface area contributed by atoms with E-state index in [2.05, 4.69) is 32.9 Å². The standard InChI is InChI=1S/C10H17NS/c1-4-10(2,3)9-6-5-8(7-11)12-9/h5-6H,4,7,11H2,1-3H3. The summed E-state index contributed by atoms with van der Waals surface area (Å²) >= 11 is 1.84. The SMILES string of the molecule is CCC(C)(C)c1ccc(CN)s1. The largest absolute Gasteiger partial charge is 0.326 e. The van der Waals surface area contributed by atoms with E-state index in [1.165, 1.54) is 16.2 Å². The van der Waals surface area contributed by atoms with Crippen LogP contribution in [0, 0.1) is 0 Å². The van der Waals surface area contributed by atoms with E-state index >= 15 is 0 Å². The second kappa shape index (κ2) is 3.58. The first-order valence-corrected chi connectivity index (χ1v) is 5.21. The third-order valence-electron chi connectivity index (χ3n) is 2.41. The average molecular weight is 183 g/mol. The molecule has 0 spiro atoms. The van der Waals surface area contributed by atoms with E-state index in [0.29, 0.717) is 12.0 Å². The van der Waals surface area contributed by atoms with Crippen molar-refractivity contribution in [3.8, 4) is 0 Å². The van der Waals surface area contributed by atoms with Crippen LogP contribution in [0.15, 0.2) is 12.1 Å². The molecule has 0 radical (unpaired) electrons. The Bertz CT molecular complexity index is 250. The highest BCUT2D eigenvalue weighted by Gasteiger charge is 2.19. The molecule has 0 unspecified atom stereocenters.